The SMILES string of the molecule is CC(C)(C1CC1)N1CC(=O)NC(C2CCCCC2)C1=O. The molecule has 0 bridgehead atoms. The summed E-state index contributed by atoms with van der Waals surface area (Å²) in [6.45, 7) is 4.49. The lowest BCUT2D eigenvalue weighted by atomic mass is 9.81. The molecule has 0 spiro atoms. The van der Waals surface area contributed by atoms with Crippen LogP contribution in [0.2, 0.25) is 0 Å². The van der Waals surface area contributed by atoms with Crippen molar-refractivity contribution in [3.8, 4) is 0 Å². The number of hydrogen-bond donors (Lipinski definition) is 1. The van der Waals surface area contributed by atoms with E-state index >= 15 is 0 Å². The number of nitrogens with zero attached hydrogens (tertiary/aromatic N) is 1. The molecular weight excluding hydrogens is 252 g/mol. The predicted octanol–water partition coefficient (Wildman–Crippen LogP) is 2.08. The lowest BCUT2D eigenvalue weighted by Crippen LogP contribution is -2.66. The van der Waals surface area contributed by atoms with Gasteiger partial charge in [-0.2, -0.15) is 0 Å². The standard InChI is InChI=1S/C16H26N2O2/c1-16(2,12-8-9-12)18-10-13(19)17-14(15(18)20)11-6-4-3-5-7-11/h11-12,14H,3-10H2,1-2H3,(H,17,19). The zero-order valence-corrected chi connectivity index (χ0v) is 12.7. The molecule has 3 aliphatic rings. The van der Waals surface area contributed by atoms with Crippen molar-refractivity contribution in [3.63, 3.8) is 0 Å². The molecule has 3 rings (SSSR count). The molecule has 2 aliphatic carbocycles. The van der Waals surface area contributed by atoms with E-state index in [-0.39, 0.29) is 29.9 Å². The lowest BCUT2D eigenvalue weighted by molar-refractivity contribution is -0.152. The number of rotatable bonds is 3. The Kier molecular flexibility index (Phi) is 3.51. The van der Waals surface area contributed by atoms with Gasteiger partial charge in [-0.05, 0) is 51.4 Å². The van der Waals surface area contributed by atoms with Gasteiger partial charge in [0.25, 0.3) is 0 Å². The highest BCUT2D eigenvalue weighted by atomic mass is 16.2. The summed E-state index contributed by atoms with van der Waals surface area (Å²) in [6.07, 6.45) is 8.18. The fourth-order valence-corrected chi connectivity index (χ4v) is 3.96. The van der Waals surface area contributed by atoms with Crippen LogP contribution in [0.15, 0.2) is 0 Å². The quantitative estimate of drug-likeness (QED) is 0.859. The van der Waals surface area contributed by atoms with Gasteiger partial charge in [-0.1, -0.05) is 19.3 Å². The minimum absolute atomic E-state index is 0.0221. The molecule has 0 aromatic rings. The first kappa shape index (κ1) is 13.9. The minimum atomic E-state index is -0.269. The molecule has 2 saturated carbocycles. The van der Waals surface area contributed by atoms with Crippen molar-refractivity contribution in [2.45, 2.75) is 70.4 Å². The molecule has 1 aliphatic heterocycles. The molecule has 1 unspecified atom stereocenters. The van der Waals surface area contributed by atoms with Crippen LogP contribution in [0.3, 0.4) is 0 Å². The van der Waals surface area contributed by atoms with Crippen molar-refractivity contribution < 1.29 is 9.59 Å². The second kappa shape index (κ2) is 5.05. The van der Waals surface area contributed by atoms with Gasteiger partial charge in [0, 0.05) is 5.54 Å². The van der Waals surface area contributed by atoms with Crippen LogP contribution in [0.4, 0.5) is 0 Å². The van der Waals surface area contributed by atoms with Crippen molar-refractivity contribution in [3.05, 3.63) is 0 Å². The highest BCUT2D eigenvalue weighted by molar-refractivity contribution is 5.95. The van der Waals surface area contributed by atoms with Crippen LogP contribution in [-0.2, 0) is 9.59 Å². The Morgan fingerprint density at radius 1 is 1.05 bits per heavy atom. The van der Waals surface area contributed by atoms with Gasteiger partial charge in [-0.3, -0.25) is 9.59 Å². The second-order valence-corrected chi connectivity index (χ2v) is 7.30. The number of carbonyl (C=O) groups is 2. The van der Waals surface area contributed by atoms with Crippen LogP contribution in [0.5, 0.6) is 0 Å². The Balaban J connectivity index is 1.78. The Morgan fingerprint density at radius 2 is 1.70 bits per heavy atom. The Hall–Kier alpha value is -1.06. The molecular formula is C16H26N2O2. The summed E-state index contributed by atoms with van der Waals surface area (Å²) in [7, 11) is 0. The maximum atomic E-state index is 12.9. The number of piperazine rings is 1. The van der Waals surface area contributed by atoms with Gasteiger partial charge in [-0.25, -0.2) is 0 Å². The topological polar surface area (TPSA) is 49.4 Å². The van der Waals surface area contributed by atoms with E-state index in [1.807, 2.05) is 4.90 Å². The maximum Gasteiger partial charge on any atom is 0.246 e. The van der Waals surface area contributed by atoms with E-state index in [0.717, 1.165) is 12.8 Å². The van der Waals surface area contributed by atoms with Gasteiger partial charge in [0.15, 0.2) is 0 Å². The highest BCUT2D eigenvalue weighted by Gasteiger charge is 2.49. The van der Waals surface area contributed by atoms with E-state index in [9.17, 15) is 9.59 Å². The Morgan fingerprint density at radius 3 is 2.30 bits per heavy atom. The molecule has 112 valence electrons. The highest BCUT2D eigenvalue weighted by Crippen LogP contribution is 2.43. The van der Waals surface area contributed by atoms with E-state index in [4.69, 9.17) is 0 Å². The average Bonchev–Trinajstić information content (AvgIpc) is 3.26. The fraction of sp³-hybridized carbons (Fsp3) is 0.875. The zero-order valence-electron chi connectivity index (χ0n) is 12.7. The molecule has 3 fully saturated rings. The van der Waals surface area contributed by atoms with Gasteiger partial charge in [-0.15, -0.1) is 0 Å². The number of hydrogen-bond acceptors (Lipinski definition) is 2. The third kappa shape index (κ3) is 2.45. The van der Waals surface area contributed by atoms with Gasteiger partial charge in [0.05, 0.1) is 0 Å². The average molecular weight is 278 g/mol. The molecule has 4 heteroatoms. The molecule has 20 heavy (non-hydrogen) atoms. The van der Waals surface area contributed by atoms with Crippen LogP contribution >= 0.6 is 0 Å². The van der Waals surface area contributed by atoms with E-state index in [1.54, 1.807) is 0 Å². The summed E-state index contributed by atoms with van der Waals surface area (Å²) in [6, 6.07) is -0.269. The van der Waals surface area contributed by atoms with Crippen LogP contribution in [-0.4, -0.2) is 34.8 Å². The molecule has 0 aromatic carbocycles. The van der Waals surface area contributed by atoms with E-state index in [2.05, 4.69) is 19.2 Å². The summed E-state index contributed by atoms with van der Waals surface area (Å²) in [4.78, 5) is 26.8. The van der Waals surface area contributed by atoms with Gasteiger partial charge in [0.2, 0.25) is 11.8 Å². The maximum absolute atomic E-state index is 12.9. The summed E-state index contributed by atoms with van der Waals surface area (Å²) in [5, 5.41) is 2.97. The van der Waals surface area contributed by atoms with Crippen LogP contribution < -0.4 is 5.32 Å². The molecule has 0 aromatic heterocycles. The van der Waals surface area contributed by atoms with Gasteiger partial charge in [0.1, 0.15) is 12.6 Å². The molecule has 1 N–H and O–H groups in total. The first-order valence-corrected chi connectivity index (χ1v) is 8.11. The summed E-state index contributed by atoms with van der Waals surface area (Å²) >= 11 is 0. The first-order chi connectivity index (χ1) is 9.50. The van der Waals surface area contributed by atoms with Crippen LogP contribution in [0.25, 0.3) is 0 Å². The molecule has 2 amide bonds. The zero-order chi connectivity index (χ0) is 14.3. The van der Waals surface area contributed by atoms with E-state index in [0.29, 0.717) is 11.8 Å². The van der Waals surface area contributed by atoms with Crippen molar-refractivity contribution in [2.75, 3.05) is 6.54 Å². The third-order valence-corrected chi connectivity index (χ3v) is 5.54. The Bertz CT molecular complexity index is 409. The second-order valence-electron chi connectivity index (χ2n) is 7.30. The van der Waals surface area contributed by atoms with Crippen LogP contribution in [0, 0.1) is 11.8 Å². The molecule has 1 heterocycles. The van der Waals surface area contributed by atoms with Crippen molar-refractivity contribution >= 4 is 11.8 Å². The minimum Gasteiger partial charge on any atom is -0.342 e. The number of amides is 2. The summed E-state index contributed by atoms with van der Waals surface area (Å²) in [5.41, 5.74) is -0.165. The molecule has 1 saturated heterocycles. The molecule has 0 radical (unpaired) electrons. The number of nitrogens with one attached hydrogen (secondary N) is 1. The van der Waals surface area contributed by atoms with E-state index in [1.165, 1.54) is 32.1 Å². The Labute approximate surface area is 121 Å². The monoisotopic (exact) mass is 278 g/mol. The van der Waals surface area contributed by atoms with E-state index < -0.39 is 0 Å². The predicted molar refractivity (Wildman–Crippen MR) is 77.0 cm³/mol. The fourth-order valence-electron chi connectivity index (χ4n) is 3.96. The molecule has 1 atom stereocenters. The lowest BCUT2D eigenvalue weighted by Gasteiger charge is -2.45. The van der Waals surface area contributed by atoms with Crippen molar-refractivity contribution in [1.82, 2.24) is 10.2 Å². The number of carbonyl (C=O) groups excluding carboxylic acids is 2. The normalized spacial score (nSPS) is 29.5. The van der Waals surface area contributed by atoms with Gasteiger partial charge >= 0.3 is 0 Å². The third-order valence-electron chi connectivity index (χ3n) is 5.54. The smallest absolute Gasteiger partial charge is 0.246 e. The van der Waals surface area contributed by atoms with Crippen molar-refractivity contribution in [2.24, 2.45) is 11.8 Å². The first-order valence-electron chi connectivity index (χ1n) is 8.11. The summed E-state index contributed by atoms with van der Waals surface area (Å²) < 4.78 is 0. The molecule has 4 nitrogen and oxygen atoms in total. The largest absolute Gasteiger partial charge is 0.342 e. The van der Waals surface area contributed by atoms with Crippen molar-refractivity contribution in [1.29, 1.82) is 0 Å². The summed E-state index contributed by atoms with van der Waals surface area (Å²) in [5.74, 6) is 1.10. The van der Waals surface area contributed by atoms with Gasteiger partial charge < -0.3 is 10.2 Å². The van der Waals surface area contributed by atoms with Crippen LogP contribution in [0.1, 0.15) is 58.8 Å².